The van der Waals surface area contributed by atoms with Crippen molar-refractivity contribution in [3.8, 4) is 11.5 Å². The van der Waals surface area contributed by atoms with Crippen molar-refractivity contribution in [1.29, 1.82) is 0 Å². The third-order valence-electron chi connectivity index (χ3n) is 1.43. The molecule has 0 aromatic heterocycles. The van der Waals surface area contributed by atoms with Gasteiger partial charge in [0.1, 0.15) is 8.07 Å². The monoisotopic (exact) mass is 196 g/mol. The Morgan fingerprint density at radius 3 is 2.46 bits per heavy atom. The summed E-state index contributed by atoms with van der Waals surface area (Å²) in [5.41, 5.74) is 3.27. The van der Waals surface area contributed by atoms with E-state index in [1.807, 2.05) is 6.08 Å². The second-order valence-electron chi connectivity index (χ2n) is 4.14. The molecule has 0 aromatic rings. The summed E-state index contributed by atoms with van der Waals surface area (Å²) in [6.07, 6.45) is 7.01. The summed E-state index contributed by atoms with van der Waals surface area (Å²) in [7, 11) is -1.18. The lowest BCUT2D eigenvalue weighted by atomic mass is 10.2. The van der Waals surface area contributed by atoms with Crippen LogP contribution in [0.2, 0.25) is 19.6 Å². The highest BCUT2D eigenvalue weighted by Gasteiger charge is 2.06. The van der Waals surface area contributed by atoms with E-state index >= 15 is 0 Å². The van der Waals surface area contributed by atoms with Gasteiger partial charge in [0.05, 0.1) is 0 Å². The van der Waals surface area contributed by atoms with Crippen LogP contribution in [-0.4, -0.2) is 19.8 Å². The molecule has 0 aromatic carbocycles. The fourth-order valence-corrected chi connectivity index (χ4v) is 1.29. The van der Waals surface area contributed by atoms with Crippen molar-refractivity contribution in [2.45, 2.75) is 38.9 Å². The molecule has 0 saturated carbocycles. The Morgan fingerprint density at radius 1 is 1.23 bits per heavy atom. The SMILES string of the molecule is C[Si](C)(C)C#C/C=C/CCCCO. The van der Waals surface area contributed by atoms with E-state index in [-0.39, 0.29) is 0 Å². The highest BCUT2D eigenvalue weighted by atomic mass is 28.3. The number of allylic oxidation sites excluding steroid dienone is 2. The lowest BCUT2D eigenvalue weighted by Crippen LogP contribution is -2.16. The first-order valence-corrected chi connectivity index (χ1v) is 8.35. The Hall–Kier alpha value is -0.523. The van der Waals surface area contributed by atoms with Crippen molar-refractivity contribution in [3.05, 3.63) is 12.2 Å². The maximum Gasteiger partial charge on any atom is 0.129 e. The smallest absolute Gasteiger partial charge is 0.129 e. The van der Waals surface area contributed by atoms with Gasteiger partial charge in [-0.2, -0.15) is 0 Å². The quantitative estimate of drug-likeness (QED) is 0.416. The van der Waals surface area contributed by atoms with Crippen LogP contribution >= 0.6 is 0 Å². The summed E-state index contributed by atoms with van der Waals surface area (Å²) in [5, 5.41) is 8.53. The Morgan fingerprint density at radius 2 is 1.92 bits per heavy atom. The van der Waals surface area contributed by atoms with E-state index in [9.17, 15) is 0 Å². The molecule has 1 N–H and O–H groups in total. The zero-order valence-electron chi connectivity index (χ0n) is 8.93. The van der Waals surface area contributed by atoms with E-state index in [0.717, 1.165) is 19.3 Å². The number of hydrogen-bond acceptors (Lipinski definition) is 1. The Labute approximate surface area is 82.9 Å². The van der Waals surface area contributed by atoms with Crippen molar-refractivity contribution in [3.63, 3.8) is 0 Å². The first-order chi connectivity index (χ1) is 6.06. The first kappa shape index (κ1) is 12.5. The van der Waals surface area contributed by atoms with Crippen molar-refractivity contribution in [1.82, 2.24) is 0 Å². The van der Waals surface area contributed by atoms with E-state index in [4.69, 9.17) is 5.11 Å². The van der Waals surface area contributed by atoms with Crippen LogP contribution in [0.4, 0.5) is 0 Å². The van der Waals surface area contributed by atoms with E-state index in [0.29, 0.717) is 6.61 Å². The summed E-state index contributed by atoms with van der Waals surface area (Å²) < 4.78 is 0. The standard InChI is InChI=1S/C11H20OSi/c1-13(2,3)11-9-7-5-4-6-8-10-12/h5,7,12H,4,6,8,10H2,1-3H3/b7-5+. The number of aliphatic hydroxyl groups excluding tert-OH is 1. The molecule has 0 fully saturated rings. The van der Waals surface area contributed by atoms with Crippen molar-refractivity contribution in [2.75, 3.05) is 6.61 Å². The molecule has 0 heterocycles. The van der Waals surface area contributed by atoms with Gasteiger partial charge >= 0.3 is 0 Å². The van der Waals surface area contributed by atoms with E-state index in [1.165, 1.54) is 0 Å². The lowest BCUT2D eigenvalue weighted by Gasteiger charge is -2.02. The van der Waals surface area contributed by atoms with Crippen LogP contribution in [0.25, 0.3) is 0 Å². The minimum absolute atomic E-state index is 0.300. The highest BCUT2D eigenvalue weighted by molar-refractivity contribution is 6.83. The molecule has 0 rings (SSSR count). The fourth-order valence-electron chi connectivity index (χ4n) is 0.774. The fraction of sp³-hybridized carbons (Fsp3) is 0.636. The van der Waals surface area contributed by atoms with E-state index < -0.39 is 8.07 Å². The van der Waals surface area contributed by atoms with Crippen LogP contribution in [-0.2, 0) is 0 Å². The third kappa shape index (κ3) is 11.5. The van der Waals surface area contributed by atoms with Gasteiger partial charge in [-0.1, -0.05) is 31.6 Å². The molecular weight excluding hydrogens is 176 g/mol. The normalized spacial score (nSPS) is 11.4. The zero-order valence-corrected chi connectivity index (χ0v) is 9.93. The van der Waals surface area contributed by atoms with Gasteiger partial charge in [-0.15, -0.1) is 5.54 Å². The number of unbranched alkanes of at least 4 members (excludes halogenated alkanes) is 2. The van der Waals surface area contributed by atoms with Gasteiger partial charge in [-0.05, 0) is 25.3 Å². The minimum Gasteiger partial charge on any atom is -0.396 e. The molecule has 0 spiro atoms. The van der Waals surface area contributed by atoms with E-state index in [2.05, 4.69) is 37.2 Å². The van der Waals surface area contributed by atoms with Gasteiger partial charge in [0.15, 0.2) is 0 Å². The molecule has 0 aliphatic rings. The highest BCUT2D eigenvalue weighted by Crippen LogP contribution is 1.97. The van der Waals surface area contributed by atoms with Crippen molar-refractivity contribution >= 4 is 8.07 Å². The van der Waals surface area contributed by atoms with Gasteiger partial charge in [-0.3, -0.25) is 0 Å². The van der Waals surface area contributed by atoms with Gasteiger partial charge < -0.3 is 5.11 Å². The predicted molar refractivity (Wildman–Crippen MR) is 61.2 cm³/mol. The van der Waals surface area contributed by atoms with Crippen LogP contribution in [0.1, 0.15) is 19.3 Å². The molecule has 0 atom stereocenters. The van der Waals surface area contributed by atoms with Gasteiger partial charge in [-0.25, -0.2) is 0 Å². The Balaban J connectivity index is 3.55. The predicted octanol–water partition coefficient (Wildman–Crippen LogP) is 2.59. The van der Waals surface area contributed by atoms with Crippen LogP contribution < -0.4 is 0 Å². The maximum absolute atomic E-state index is 8.53. The zero-order chi connectivity index (χ0) is 10.2. The second kappa shape index (κ2) is 6.94. The van der Waals surface area contributed by atoms with Crippen LogP contribution in [0.5, 0.6) is 0 Å². The average molecular weight is 196 g/mol. The third-order valence-corrected chi connectivity index (χ3v) is 2.32. The van der Waals surface area contributed by atoms with Crippen LogP contribution in [0.15, 0.2) is 12.2 Å². The largest absolute Gasteiger partial charge is 0.396 e. The Kier molecular flexibility index (Phi) is 6.66. The number of hydrogen-bond donors (Lipinski definition) is 1. The molecule has 0 aliphatic heterocycles. The number of rotatable bonds is 4. The molecule has 0 radical (unpaired) electrons. The average Bonchev–Trinajstić information content (AvgIpc) is 2.01. The Bertz CT molecular complexity index is 202. The van der Waals surface area contributed by atoms with Crippen molar-refractivity contribution in [2.24, 2.45) is 0 Å². The first-order valence-electron chi connectivity index (χ1n) is 4.85. The molecule has 2 heteroatoms. The molecular formula is C11H20OSi. The molecule has 1 nitrogen and oxygen atoms in total. The summed E-state index contributed by atoms with van der Waals surface area (Å²) in [5.74, 6) is 3.07. The molecule has 0 bridgehead atoms. The second-order valence-corrected chi connectivity index (χ2v) is 8.89. The van der Waals surface area contributed by atoms with Gasteiger partial charge in [0.2, 0.25) is 0 Å². The molecule has 0 unspecified atom stereocenters. The number of aliphatic hydroxyl groups is 1. The molecule has 13 heavy (non-hydrogen) atoms. The van der Waals surface area contributed by atoms with Crippen molar-refractivity contribution < 1.29 is 5.11 Å². The summed E-state index contributed by atoms with van der Waals surface area (Å²) >= 11 is 0. The topological polar surface area (TPSA) is 20.2 Å². The van der Waals surface area contributed by atoms with E-state index in [1.54, 1.807) is 0 Å². The lowest BCUT2D eigenvalue weighted by molar-refractivity contribution is 0.285. The maximum atomic E-state index is 8.53. The van der Waals surface area contributed by atoms with Crippen LogP contribution in [0, 0.1) is 11.5 Å². The minimum atomic E-state index is -1.18. The van der Waals surface area contributed by atoms with Crippen LogP contribution in [0.3, 0.4) is 0 Å². The molecule has 0 saturated heterocycles. The molecule has 0 aliphatic carbocycles. The summed E-state index contributed by atoms with van der Waals surface area (Å²) in [6.45, 7) is 7.01. The summed E-state index contributed by atoms with van der Waals surface area (Å²) in [6, 6.07) is 0. The molecule has 0 amide bonds. The van der Waals surface area contributed by atoms with Gasteiger partial charge in [0, 0.05) is 6.61 Å². The summed E-state index contributed by atoms with van der Waals surface area (Å²) in [4.78, 5) is 0. The molecule has 74 valence electrons. The van der Waals surface area contributed by atoms with Gasteiger partial charge in [0.25, 0.3) is 0 Å².